The topological polar surface area (TPSA) is 53.7 Å². The number of ether oxygens (including phenoxy) is 3. The normalized spacial score (nSPS) is 21.9. The number of hydrogen-bond donors (Lipinski definition) is 1. The molecule has 20 heavy (non-hydrogen) atoms. The molecular formula is C16H25NO3. The zero-order valence-corrected chi connectivity index (χ0v) is 12.2. The summed E-state index contributed by atoms with van der Waals surface area (Å²) in [5, 5.41) is 0. The highest BCUT2D eigenvalue weighted by Crippen LogP contribution is 2.28. The van der Waals surface area contributed by atoms with Crippen LogP contribution in [0, 0.1) is 5.92 Å². The van der Waals surface area contributed by atoms with Crippen LogP contribution in [0.4, 0.5) is 0 Å². The van der Waals surface area contributed by atoms with E-state index in [2.05, 4.69) is 0 Å². The van der Waals surface area contributed by atoms with Crippen LogP contribution in [-0.2, 0) is 4.74 Å². The van der Waals surface area contributed by atoms with Crippen molar-refractivity contribution in [2.75, 3.05) is 26.4 Å². The first-order chi connectivity index (χ1) is 9.85. The van der Waals surface area contributed by atoms with Gasteiger partial charge in [0.1, 0.15) is 6.61 Å². The van der Waals surface area contributed by atoms with E-state index in [9.17, 15) is 0 Å². The molecule has 2 rings (SSSR count). The average Bonchev–Trinajstić information content (AvgIpc) is 2.93. The highest BCUT2D eigenvalue weighted by Gasteiger charge is 2.26. The predicted molar refractivity (Wildman–Crippen MR) is 79.2 cm³/mol. The molecule has 0 amide bonds. The van der Waals surface area contributed by atoms with Gasteiger partial charge in [-0.2, -0.15) is 0 Å². The molecular weight excluding hydrogens is 254 g/mol. The van der Waals surface area contributed by atoms with Crippen molar-refractivity contribution in [1.82, 2.24) is 0 Å². The van der Waals surface area contributed by atoms with Crippen molar-refractivity contribution in [3.8, 4) is 11.5 Å². The molecule has 1 aliphatic rings. The van der Waals surface area contributed by atoms with Gasteiger partial charge in [0.25, 0.3) is 0 Å². The van der Waals surface area contributed by atoms with Crippen LogP contribution in [0.5, 0.6) is 11.5 Å². The standard InChI is InChI=1S/C16H25NO3/c1-2-18-15-7-3-4-8-16(15)20-11-10-19-14-9-5-6-13(14)12-17/h3-4,7-8,13-14H,2,5-6,9-12,17H2,1H3. The first kappa shape index (κ1) is 15.1. The van der Waals surface area contributed by atoms with Gasteiger partial charge in [-0.3, -0.25) is 0 Å². The number of rotatable bonds is 8. The van der Waals surface area contributed by atoms with E-state index >= 15 is 0 Å². The smallest absolute Gasteiger partial charge is 0.161 e. The number of hydrogen-bond acceptors (Lipinski definition) is 4. The molecule has 1 aliphatic carbocycles. The molecule has 2 unspecified atom stereocenters. The number of nitrogens with two attached hydrogens (primary N) is 1. The number of para-hydroxylation sites is 2. The van der Waals surface area contributed by atoms with Crippen LogP contribution < -0.4 is 15.2 Å². The largest absolute Gasteiger partial charge is 0.490 e. The maximum absolute atomic E-state index is 5.88. The molecule has 0 bridgehead atoms. The predicted octanol–water partition coefficient (Wildman–Crippen LogP) is 2.61. The van der Waals surface area contributed by atoms with Crippen molar-refractivity contribution in [2.45, 2.75) is 32.3 Å². The van der Waals surface area contributed by atoms with E-state index in [0.717, 1.165) is 24.5 Å². The van der Waals surface area contributed by atoms with Crippen molar-refractivity contribution in [3.05, 3.63) is 24.3 Å². The van der Waals surface area contributed by atoms with Gasteiger partial charge in [-0.05, 0) is 44.4 Å². The van der Waals surface area contributed by atoms with Gasteiger partial charge in [0.15, 0.2) is 11.5 Å². The van der Waals surface area contributed by atoms with Crippen molar-refractivity contribution < 1.29 is 14.2 Å². The van der Waals surface area contributed by atoms with Crippen LogP contribution in [-0.4, -0.2) is 32.5 Å². The lowest BCUT2D eigenvalue weighted by Gasteiger charge is -2.19. The van der Waals surface area contributed by atoms with Crippen LogP contribution in [0.2, 0.25) is 0 Å². The molecule has 112 valence electrons. The minimum atomic E-state index is 0.311. The Labute approximate surface area is 121 Å². The Bertz CT molecular complexity index is 397. The number of benzene rings is 1. The van der Waals surface area contributed by atoms with Gasteiger partial charge in [0.05, 0.1) is 19.3 Å². The second-order valence-electron chi connectivity index (χ2n) is 5.06. The molecule has 0 aliphatic heterocycles. The Morgan fingerprint density at radius 1 is 1.10 bits per heavy atom. The summed E-state index contributed by atoms with van der Waals surface area (Å²) in [7, 11) is 0. The van der Waals surface area contributed by atoms with E-state index in [-0.39, 0.29) is 0 Å². The molecule has 4 nitrogen and oxygen atoms in total. The quantitative estimate of drug-likeness (QED) is 0.743. The third kappa shape index (κ3) is 4.12. The summed E-state index contributed by atoms with van der Waals surface area (Å²) in [6.07, 6.45) is 3.85. The molecule has 1 saturated carbocycles. The van der Waals surface area contributed by atoms with Crippen molar-refractivity contribution in [3.63, 3.8) is 0 Å². The minimum Gasteiger partial charge on any atom is -0.490 e. The summed E-state index contributed by atoms with van der Waals surface area (Å²) in [6, 6.07) is 7.73. The maximum atomic E-state index is 5.88. The zero-order chi connectivity index (χ0) is 14.2. The first-order valence-corrected chi connectivity index (χ1v) is 7.51. The van der Waals surface area contributed by atoms with E-state index in [4.69, 9.17) is 19.9 Å². The van der Waals surface area contributed by atoms with Gasteiger partial charge < -0.3 is 19.9 Å². The van der Waals surface area contributed by atoms with Crippen LogP contribution in [0.1, 0.15) is 26.2 Å². The maximum Gasteiger partial charge on any atom is 0.161 e. The SMILES string of the molecule is CCOc1ccccc1OCCOC1CCCC1CN. The molecule has 1 aromatic carbocycles. The Morgan fingerprint density at radius 2 is 1.85 bits per heavy atom. The van der Waals surface area contributed by atoms with Gasteiger partial charge in [-0.25, -0.2) is 0 Å². The van der Waals surface area contributed by atoms with Crippen molar-refractivity contribution in [2.24, 2.45) is 11.7 Å². The van der Waals surface area contributed by atoms with E-state index < -0.39 is 0 Å². The molecule has 1 fully saturated rings. The summed E-state index contributed by atoms with van der Waals surface area (Å²) >= 11 is 0. The van der Waals surface area contributed by atoms with Gasteiger partial charge in [0.2, 0.25) is 0 Å². The Balaban J connectivity index is 1.73. The lowest BCUT2D eigenvalue weighted by atomic mass is 10.1. The lowest BCUT2D eigenvalue weighted by molar-refractivity contribution is 0.0137. The molecule has 2 atom stereocenters. The molecule has 0 radical (unpaired) electrons. The first-order valence-electron chi connectivity index (χ1n) is 7.51. The molecule has 0 heterocycles. The lowest BCUT2D eigenvalue weighted by Crippen LogP contribution is -2.26. The van der Waals surface area contributed by atoms with Crippen LogP contribution >= 0.6 is 0 Å². The van der Waals surface area contributed by atoms with Gasteiger partial charge in [-0.1, -0.05) is 18.6 Å². The van der Waals surface area contributed by atoms with Crippen LogP contribution in [0.15, 0.2) is 24.3 Å². The summed E-state index contributed by atoms with van der Waals surface area (Å²) < 4.78 is 17.1. The van der Waals surface area contributed by atoms with Crippen LogP contribution in [0.25, 0.3) is 0 Å². The molecule has 2 N–H and O–H groups in total. The fourth-order valence-corrected chi connectivity index (χ4v) is 2.69. The highest BCUT2D eigenvalue weighted by atomic mass is 16.5. The van der Waals surface area contributed by atoms with Crippen molar-refractivity contribution in [1.29, 1.82) is 0 Å². The van der Waals surface area contributed by atoms with E-state index in [1.807, 2.05) is 31.2 Å². The minimum absolute atomic E-state index is 0.311. The fourth-order valence-electron chi connectivity index (χ4n) is 2.69. The fraction of sp³-hybridized carbons (Fsp3) is 0.625. The van der Waals surface area contributed by atoms with Gasteiger partial charge in [0, 0.05) is 0 Å². The Morgan fingerprint density at radius 3 is 2.55 bits per heavy atom. The van der Waals surface area contributed by atoms with Crippen LogP contribution in [0.3, 0.4) is 0 Å². The summed E-state index contributed by atoms with van der Waals surface area (Å²) in [4.78, 5) is 0. The third-order valence-electron chi connectivity index (χ3n) is 3.71. The second kappa shape index (κ2) is 8.12. The zero-order valence-electron chi connectivity index (χ0n) is 12.2. The summed E-state index contributed by atoms with van der Waals surface area (Å²) in [6.45, 7) is 4.46. The third-order valence-corrected chi connectivity index (χ3v) is 3.71. The van der Waals surface area contributed by atoms with Crippen molar-refractivity contribution >= 4 is 0 Å². The average molecular weight is 279 g/mol. The summed E-state index contributed by atoms with van der Waals surface area (Å²) in [5.74, 6) is 2.08. The Kier molecular flexibility index (Phi) is 6.15. The molecule has 0 aromatic heterocycles. The second-order valence-corrected chi connectivity index (χ2v) is 5.06. The molecule has 4 heteroatoms. The molecule has 0 spiro atoms. The monoisotopic (exact) mass is 279 g/mol. The molecule has 0 saturated heterocycles. The summed E-state index contributed by atoms with van der Waals surface area (Å²) in [5.41, 5.74) is 5.74. The highest BCUT2D eigenvalue weighted by molar-refractivity contribution is 5.39. The van der Waals surface area contributed by atoms with Gasteiger partial charge >= 0.3 is 0 Å². The molecule has 1 aromatic rings. The van der Waals surface area contributed by atoms with E-state index in [0.29, 0.717) is 31.8 Å². The Hall–Kier alpha value is -1.26. The van der Waals surface area contributed by atoms with E-state index in [1.165, 1.54) is 12.8 Å². The van der Waals surface area contributed by atoms with E-state index in [1.54, 1.807) is 0 Å². The van der Waals surface area contributed by atoms with Gasteiger partial charge in [-0.15, -0.1) is 0 Å².